The molecule has 3 aromatic carbocycles. The van der Waals surface area contributed by atoms with Crippen LogP contribution in [0.2, 0.25) is 0 Å². The molecule has 0 heterocycles. The molecular weight excluding hydrogens is 286 g/mol. The van der Waals surface area contributed by atoms with Crippen molar-refractivity contribution in [2.75, 3.05) is 0 Å². The number of nitrogens with zero attached hydrogens (tertiary/aromatic N) is 1. The van der Waals surface area contributed by atoms with Crippen molar-refractivity contribution in [3.63, 3.8) is 0 Å². The molecule has 0 amide bonds. The van der Waals surface area contributed by atoms with Crippen molar-refractivity contribution < 1.29 is 4.92 Å². The SMILES string of the molecule is CC(c1cc[c]cc1)(c1cc[c]cc1)c1ccc([N+](=O)[O-])cc1. The van der Waals surface area contributed by atoms with Gasteiger partial charge in [0.2, 0.25) is 0 Å². The highest BCUT2D eigenvalue weighted by Crippen LogP contribution is 2.38. The summed E-state index contributed by atoms with van der Waals surface area (Å²) in [6.45, 7) is 2.12. The van der Waals surface area contributed by atoms with Crippen molar-refractivity contribution in [2.24, 2.45) is 0 Å². The van der Waals surface area contributed by atoms with Crippen molar-refractivity contribution in [3.05, 3.63) is 112 Å². The molecule has 0 aliphatic carbocycles. The van der Waals surface area contributed by atoms with E-state index in [2.05, 4.69) is 19.1 Å². The normalized spacial score (nSPS) is 11.2. The van der Waals surface area contributed by atoms with Gasteiger partial charge in [0.05, 0.1) is 4.92 Å². The standard InChI is InChI=1S/C20H15NO2/c1-20(16-8-4-2-5-9-16,17-10-6-3-7-11-17)18-12-14-19(15-13-18)21(22)23/h4-15H,1H3. The lowest BCUT2D eigenvalue weighted by molar-refractivity contribution is -0.384. The average Bonchev–Trinajstić information content (AvgIpc) is 2.62. The molecule has 0 saturated heterocycles. The minimum Gasteiger partial charge on any atom is -0.258 e. The van der Waals surface area contributed by atoms with Crippen LogP contribution >= 0.6 is 0 Å². The molecule has 3 nitrogen and oxygen atoms in total. The third-order valence-electron chi connectivity index (χ3n) is 4.25. The Morgan fingerprint density at radius 2 is 1.17 bits per heavy atom. The molecule has 0 atom stereocenters. The minimum absolute atomic E-state index is 0.0962. The number of rotatable bonds is 4. The molecule has 0 unspecified atom stereocenters. The number of benzene rings is 3. The first kappa shape index (κ1) is 15.0. The Kier molecular flexibility index (Phi) is 3.94. The Balaban J connectivity index is 2.18. The smallest absolute Gasteiger partial charge is 0.258 e. The van der Waals surface area contributed by atoms with Gasteiger partial charge in [0.25, 0.3) is 5.69 Å². The Morgan fingerprint density at radius 3 is 1.57 bits per heavy atom. The molecule has 0 bridgehead atoms. The van der Waals surface area contributed by atoms with Gasteiger partial charge in [-0.2, -0.15) is 0 Å². The summed E-state index contributed by atoms with van der Waals surface area (Å²) in [5.74, 6) is 0. The van der Waals surface area contributed by atoms with Gasteiger partial charge >= 0.3 is 0 Å². The number of non-ortho nitro benzene ring substituents is 1. The highest BCUT2D eigenvalue weighted by molar-refractivity contribution is 5.50. The van der Waals surface area contributed by atoms with Crippen LogP contribution in [0.25, 0.3) is 0 Å². The van der Waals surface area contributed by atoms with Gasteiger partial charge < -0.3 is 0 Å². The topological polar surface area (TPSA) is 43.1 Å². The zero-order chi connectivity index (χ0) is 16.3. The second kappa shape index (κ2) is 6.05. The quantitative estimate of drug-likeness (QED) is 0.403. The van der Waals surface area contributed by atoms with Crippen LogP contribution < -0.4 is 0 Å². The van der Waals surface area contributed by atoms with Crippen LogP contribution in [0.3, 0.4) is 0 Å². The molecule has 112 valence electrons. The van der Waals surface area contributed by atoms with E-state index in [4.69, 9.17) is 0 Å². The molecule has 0 N–H and O–H groups in total. The molecule has 0 aliphatic rings. The summed E-state index contributed by atoms with van der Waals surface area (Å²) < 4.78 is 0. The summed E-state index contributed by atoms with van der Waals surface area (Å²) in [5.41, 5.74) is 2.91. The molecule has 0 saturated carbocycles. The van der Waals surface area contributed by atoms with Gasteiger partial charge in [-0.25, -0.2) is 0 Å². The lowest BCUT2D eigenvalue weighted by Gasteiger charge is -2.31. The van der Waals surface area contributed by atoms with E-state index in [9.17, 15) is 10.1 Å². The van der Waals surface area contributed by atoms with Gasteiger partial charge in [0, 0.05) is 17.5 Å². The van der Waals surface area contributed by atoms with E-state index in [1.165, 1.54) is 0 Å². The van der Waals surface area contributed by atoms with Gasteiger partial charge in [-0.1, -0.05) is 60.7 Å². The minimum atomic E-state index is -0.403. The Labute approximate surface area is 135 Å². The van der Waals surface area contributed by atoms with E-state index in [1.807, 2.05) is 60.7 Å². The van der Waals surface area contributed by atoms with Crippen LogP contribution in [-0.4, -0.2) is 4.92 Å². The highest BCUT2D eigenvalue weighted by Gasteiger charge is 2.31. The number of hydrogen-bond acceptors (Lipinski definition) is 2. The summed E-state index contributed by atoms with van der Waals surface area (Å²) >= 11 is 0. The van der Waals surface area contributed by atoms with Crippen LogP contribution in [0.15, 0.2) is 72.8 Å². The molecule has 0 fully saturated rings. The Bertz CT molecular complexity index is 757. The van der Waals surface area contributed by atoms with E-state index < -0.39 is 5.41 Å². The second-order valence-electron chi connectivity index (χ2n) is 5.51. The summed E-state index contributed by atoms with van der Waals surface area (Å²) in [6, 6.07) is 28.5. The number of nitro groups is 1. The molecule has 23 heavy (non-hydrogen) atoms. The van der Waals surface area contributed by atoms with Crippen molar-refractivity contribution in [2.45, 2.75) is 12.3 Å². The third kappa shape index (κ3) is 2.73. The summed E-state index contributed by atoms with van der Waals surface area (Å²) in [4.78, 5) is 10.5. The molecule has 3 heteroatoms. The van der Waals surface area contributed by atoms with Crippen molar-refractivity contribution >= 4 is 5.69 Å². The van der Waals surface area contributed by atoms with Crippen LogP contribution in [-0.2, 0) is 5.41 Å². The van der Waals surface area contributed by atoms with E-state index >= 15 is 0 Å². The Morgan fingerprint density at radius 1 is 0.783 bits per heavy atom. The summed E-state index contributed by atoms with van der Waals surface area (Å²) in [6.07, 6.45) is 0. The van der Waals surface area contributed by atoms with Crippen LogP contribution in [0.4, 0.5) is 5.69 Å². The third-order valence-corrected chi connectivity index (χ3v) is 4.25. The van der Waals surface area contributed by atoms with E-state index in [-0.39, 0.29) is 10.6 Å². The van der Waals surface area contributed by atoms with Crippen molar-refractivity contribution in [1.29, 1.82) is 0 Å². The van der Waals surface area contributed by atoms with Gasteiger partial charge in [0.15, 0.2) is 0 Å². The fourth-order valence-electron chi connectivity index (χ4n) is 2.86. The molecule has 0 spiro atoms. The monoisotopic (exact) mass is 301 g/mol. The van der Waals surface area contributed by atoms with Gasteiger partial charge in [-0.05, 0) is 35.7 Å². The summed E-state index contributed by atoms with van der Waals surface area (Å²) in [5, 5.41) is 10.9. The molecule has 0 aromatic heterocycles. The number of nitro benzene ring substituents is 1. The van der Waals surface area contributed by atoms with E-state index in [1.54, 1.807) is 12.1 Å². The zero-order valence-electron chi connectivity index (χ0n) is 12.7. The van der Waals surface area contributed by atoms with Gasteiger partial charge in [-0.15, -0.1) is 0 Å². The first-order chi connectivity index (χ1) is 11.1. The van der Waals surface area contributed by atoms with Crippen LogP contribution in [0.5, 0.6) is 0 Å². The maximum absolute atomic E-state index is 10.9. The van der Waals surface area contributed by atoms with Gasteiger partial charge in [0.1, 0.15) is 0 Å². The molecule has 3 rings (SSSR count). The molecular formula is C20H15NO2. The predicted octanol–water partition coefficient (Wildman–Crippen LogP) is 4.55. The lowest BCUT2D eigenvalue weighted by atomic mass is 9.71. The molecule has 2 radical (unpaired) electrons. The maximum atomic E-state index is 10.9. The van der Waals surface area contributed by atoms with Crippen LogP contribution in [0, 0.1) is 22.2 Å². The highest BCUT2D eigenvalue weighted by atomic mass is 16.6. The fraction of sp³-hybridized carbons (Fsp3) is 0.100. The van der Waals surface area contributed by atoms with E-state index in [0.29, 0.717) is 0 Å². The van der Waals surface area contributed by atoms with Gasteiger partial charge in [-0.3, -0.25) is 10.1 Å². The number of hydrogen-bond donors (Lipinski definition) is 0. The lowest BCUT2D eigenvalue weighted by Crippen LogP contribution is -2.25. The van der Waals surface area contributed by atoms with E-state index in [0.717, 1.165) is 16.7 Å². The average molecular weight is 301 g/mol. The second-order valence-corrected chi connectivity index (χ2v) is 5.51. The fourth-order valence-corrected chi connectivity index (χ4v) is 2.86. The zero-order valence-corrected chi connectivity index (χ0v) is 12.7. The van der Waals surface area contributed by atoms with Crippen molar-refractivity contribution in [1.82, 2.24) is 0 Å². The predicted molar refractivity (Wildman–Crippen MR) is 89.2 cm³/mol. The Hall–Kier alpha value is -2.94. The van der Waals surface area contributed by atoms with Crippen LogP contribution in [0.1, 0.15) is 23.6 Å². The first-order valence-corrected chi connectivity index (χ1v) is 7.30. The maximum Gasteiger partial charge on any atom is 0.269 e. The largest absolute Gasteiger partial charge is 0.269 e. The molecule has 3 aromatic rings. The van der Waals surface area contributed by atoms with Crippen molar-refractivity contribution in [3.8, 4) is 0 Å². The molecule has 0 aliphatic heterocycles. The summed E-state index contributed by atoms with van der Waals surface area (Å²) in [7, 11) is 0. The first-order valence-electron chi connectivity index (χ1n) is 7.30.